The van der Waals surface area contributed by atoms with Crippen molar-refractivity contribution in [3.05, 3.63) is 60.0 Å². The van der Waals surface area contributed by atoms with Gasteiger partial charge in [0.15, 0.2) is 0 Å². The number of pyridine rings is 1. The molecule has 5 heteroatoms. The summed E-state index contributed by atoms with van der Waals surface area (Å²) in [6.07, 6.45) is 3.39. The summed E-state index contributed by atoms with van der Waals surface area (Å²) < 4.78 is 4.93. The lowest BCUT2D eigenvalue weighted by Crippen LogP contribution is -2.06. The molecule has 98 valence electrons. The first-order valence-electron chi connectivity index (χ1n) is 6.05. The van der Waals surface area contributed by atoms with Gasteiger partial charge in [-0.15, -0.1) is 10.2 Å². The molecule has 2 aromatic heterocycles. The predicted molar refractivity (Wildman–Crippen MR) is 73.8 cm³/mol. The molecule has 0 spiro atoms. The van der Waals surface area contributed by atoms with Crippen LogP contribution in [0.15, 0.2) is 48.8 Å². The van der Waals surface area contributed by atoms with Gasteiger partial charge >= 0.3 is 0 Å². The maximum absolute atomic E-state index is 12.5. The first-order valence-corrected chi connectivity index (χ1v) is 6.05. The van der Waals surface area contributed by atoms with E-state index < -0.39 is 0 Å². The molecule has 0 bridgehead atoms. The summed E-state index contributed by atoms with van der Waals surface area (Å²) in [5, 5.41) is 9.48. The molecule has 0 fully saturated rings. The molecule has 3 rings (SSSR count). The molecule has 5 nitrogen and oxygen atoms in total. The monoisotopic (exact) mass is 265 g/mol. The highest BCUT2D eigenvalue weighted by atomic mass is 16.5. The molecule has 0 aliphatic rings. The molecule has 0 saturated carbocycles. The number of hydrogen-bond donors (Lipinski definition) is 0. The smallest absolute Gasteiger partial charge is 0.233 e. The normalized spacial score (nSPS) is 10.4. The summed E-state index contributed by atoms with van der Waals surface area (Å²) in [4.78, 5) is 16.5. The van der Waals surface area contributed by atoms with Crippen LogP contribution in [0.25, 0.3) is 10.8 Å². The van der Waals surface area contributed by atoms with Gasteiger partial charge < -0.3 is 4.74 Å². The van der Waals surface area contributed by atoms with Crippen molar-refractivity contribution >= 4 is 16.6 Å². The molecule has 3 aromatic rings. The Labute approximate surface area is 115 Å². The third kappa shape index (κ3) is 2.09. The average Bonchev–Trinajstić information content (AvgIpc) is 2.54. The summed E-state index contributed by atoms with van der Waals surface area (Å²) >= 11 is 0. The van der Waals surface area contributed by atoms with Gasteiger partial charge in [-0.25, -0.2) is 0 Å². The van der Waals surface area contributed by atoms with Crippen LogP contribution in [0.1, 0.15) is 16.1 Å². The molecule has 0 amide bonds. The fourth-order valence-corrected chi connectivity index (χ4v) is 2.01. The second-order valence-corrected chi connectivity index (χ2v) is 4.19. The molecular formula is C15H11N3O2. The van der Waals surface area contributed by atoms with Gasteiger partial charge in [0.2, 0.25) is 11.7 Å². The van der Waals surface area contributed by atoms with E-state index in [0.29, 0.717) is 11.4 Å². The van der Waals surface area contributed by atoms with E-state index in [9.17, 15) is 4.79 Å². The van der Waals surface area contributed by atoms with E-state index in [1.54, 1.807) is 30.6 Å². The maximum Gasteiger partial charge on any atom is 0.233 e. The second kappa shape index (κ2) is 5.05. The van der Waals surface area contributed by atoms with E-state index in [4.69, 9.17) is 4.74 Å². The molecule has 0 unspecified atom stereocenters. The van der Waals surface area contributed by atoms with Crippen LogP contribution < -0.4 is 4.74 Å². The van der Waals surface area contributed by atoms with Crippen LogP contribution in [0.4, 0.5) is 0 Å². The summed E-state index contributed by atoms with van der Waals surface area (Å²) in [5.74, 6) is 0.209. The van der Waals surface area contributed by atoms with Gasteiger partial charge in [-0.2, -0.15) is 0 Å². The van der Waals surface area contributed by atoms with Gasteiger partial charge in [0.25, 0.3) is 0 Å². The minimum atomic E-state index is -0.169. The Morgan fingerprint density at radius 1 is 1.10 bits per heavy atom. The second-order valence-electron chi connectivity index (χ2n) is 4.19. The van der Waals surface area contributed by atoms with Crippen LogP contribution in [0.3, 0.4) is 0 Å². The highest BCUT2D eigenvalue weighted by Gasteiger charge is 2.14. The van der Waals surface area contributed by atoms with E-state index in [0.717, 1.165) is 10.8 Å². The summed E-state index contributed by atoms with van der Waals surface area (Å²) in [7, 11) is 1.50. The minimum absolute atomic E-state index is 0.169. The minimum Gasteiger partial charge on any atom is -0.480 e. The Morgan fingerprint density at radius 2 is 2.00 bits per heavy atom. The van der Waals surface area contributed by atoms with Crippen molar-refractivity contribution in [2.24, 2.45) is 0 Å². The fraction of sp³-hybridized carbons (Fsp3) is 0.0667. The third-order valence-corrected chi connectivity index (χ3v) is 3.01. The zero-order valence-electron chi connectivity index (χ0n) is 10.8. The van der Waals surface area contributed by atoms with Crippen LogP contribution in [0.2, 0.25) is 0 Å². The molecule has 0 aliphatic heterocycles. The van der Waals surface area contributed by atoms with Crippen molar-refractivity contribution in [1.29, 1.82) is 0 Å². The van der Waals surface area contributed by atoms with Crippen LogP contribution in [0.5, 0.6) is 5.88 Å². The summed E-state index contributed by atoms with van der Waals surface area (Å²) in [6, 6.07) is 10.6. The molecule has 1 aromatic carbocycles. The average molecular weight is 265 g/mol. The van der Waals surface area contributed by atoms with Crippen LogP contribution in [0, 0.1) is 0 Å². The molecule has 0 saturated heterocycles. The number of ketones is 1. The number of aromatic nitrogens is 3. The number of carbonyl (C=O) groups excluding carboxylic acids is 1. The number of hydrogen-bond acceptors (Lipinski definition) is 5. The highest BCUT2D eigenvalue weighted by Crippen LogP contribution is 2.20. The van der Waals surface area contributed by atoms with Crippen molar-refractivity contribution in [2.75, 3.05) is 7.11 Å². The lowest BCUT2D eigenvalue weighted by Gasteiger charge is -2.05. The standard InChI is InChI=1S/C15H11N3O2/c1-20-14-6-5-13(17-18-14)15(19)12-4-2-3-10-9-16-8-7-11(10)12/h2-9H,1H3. The number of fused-ring (bicyclic) bond motifs is 1. The quantitative estimate of drug-likeness (QED) is 0.680. The van der Waals surface area contributed by atoms with Crippen molar-refractivity contribution in [1.82, 2.24) is 15.2 Å². The molecule has 2 heterocycles. The van der Waals surface area contributed by atoms with Gasteiger partial charge in [0.05, 0.1) is 7.11 Å². The Hall–Kier alpha value is -2.82. The van der Waals surface area contributed by atoms with E-state index in [2.05, 4.69) is 15.2 Å². The third-order valence-electron chi connectivity index (χ3n) is 3.01. The molecule has 0 N–H and O–H groups in total. The Balaban J connectivity index is 2.07. The van der Waals surface area contributed by atoms with Crippen LogP contribution >= 0.6 is 0 Å². The highest BCUT2D eigenvalue weighted by molar-refractivity contribution is 6.15. The number of ether oxygens (including phenoxy) is 1. The van der Waals surface area contributed by atoms with Crippen LogP contribution in [-0.4, -0.2) is 28.1 Å². The van der Waals surface area contributed by atoms with Gasteiger partial charge in [-0.05, 0) is 17.5 Å². The van der Waals surface area contributed by atoms with E-state index in [1.807, 2.05) is 18.2 Å². The number of benzene rings is 1. The largest absolute Gasteiger partial charge is 0.480 e. The Bertz CT molecular complexity index is 764. The zero-order valence-corrected chi connectivity index (χ0v) is 10.8. The van der Waals surface area contributed by atoms with E-state index in [-0.39, 0.29) is 11.5 Å². The van der Waals surface area contributed by atoms with Crippen molar-refractivity contribution in [2.45, 2.75) is 0 Å². The maximum atomic E-state index is 12.5. The van der Waals surface area contributed by atoms with E-state index in [1.165, 1.54) is 7.11 Å². The van der Waals surface area contributed by atoms with Gasteiger partial charge in [0, 0.05) is 29.4 Å². The number of nitrogens with zero attached hydrogens (tertiary/aromatic N) is 3. The van der Waals surface area contributed by atoms with Crippen molar-refractivity contribution in [3.63, 3.8) is 0 Å². The lowest BCUT2D eigenvalue weighted by molar-refractivity contribution is 0.103. The van der Waals surface area contributed by atoms with Gasteiger partial charge in [-0.3, -0.25) is 9.78 Å². The molecule has 0 radical (unpaired) electrons. The number of carbonyl (C=O) groups is 1. The zero-order chi connectivity index (χ0) is 13.9. The topological polar surface area (TPSA) is 65.0 Å². The fourth-order valence-electron chi connectivity index (χ4n) is 2.01. The number of rotatable bonds is 3. The lowest BCUT2D eigenvalue weighted by atomic mass is 10.0. The van der Waals surface area contributed by atoms with Crippen molar-refractivity contribution in [3.8, 4) is 5.88 Å². The molecular weight excluding hydrogens is 254 g/mol. The Morgan fingerprint density at radius 3 is 2.75 bits per heavy atom. The predicted octanol–water partition coefficient (Wildman–Crippen LogP) is 2.26. The van der Waals surface area contributed by atoms with Crippen LogP contribution in [-0.2, 0) is 0 Å². The number of methoxy groups -OCH3 is 1. The first-order chi connectivity index (χ1) is 9.79. The SMILES string of the molecule is COc1ccc(C(=O)c2cccc3cnccc23)nn1. The Kier molecular flexibility index (Phi) is 3.09. The molecule has 0 aliphatic carbocycles. The first kappa shape index (κ1) is 12.2. The van der Waals surface area contributed by atoms with E-state index >= 15 is 0 Å². The van der Waals surface area contributed by atoms with Crippen molar-refractivity contribution < 1.29 is 9.53 Å². The van der Waals surface area contributed by atoms with Gasteiger partial charge in [-0.1, -0.05) is 18.2 Å². The molecule has 0 atom stereocenters. The van der Waals surface area contributed by atoms with Gasteiger partial charge in [0.1, 0.15) is 5.69 Å². The summed E-state index contributed by atoms with van der Waals surface area (Å²) in [5.41, 5.74) is 0.875. The summed E-state index contributed by atoms with van der Waals surface area (Å²) in [6.45, 7) is 0. The molecule has 20 heavy (non-hydrogen) atoms.